The first-order valence-corrected chi connectivity index (χ1v) is 7.87. The molecule has 1 saturated heterocycles. The summed E-state index contributed by atoms with van der Waals surface area (Å²) in [5, 5.41) is 3.94. The number of nitrogens with zero attached hydrogens (tertiary/aromatic N) is 1. The van der Waals surface area contributed by atoms with Crippen LogP contribution in [0.1, 0.15) is 52.4 Å². The van der Waals surface area contributed by atoms with E-state index in [1.807, 2.05) is 0 Å². The molecule has 0 aromatic heterocycles. The largest absolute Gasteiger partial charge is 0.329 e. The van der Waals surface area contributed by atoms with Crippen molar-refractivity contribution in [3.8, 4) is 0 Å². The first kappa shape index (κ1) is 14.3. The van der Waals surface area contributed by atoms with E-state index in [0.717, 1.165) is 18.5 Å². The summed E-state index contributed by atoms with van der Waals surface area (Å²) >= 11 is 0. The third kappa shape index (κ3) is 3.46. The second-order valence-corrected chi connectivity index (χ2v) is 6.53. The Labute approximate surface area is 112 Å². The van der Waals surface area contributed by atoms with Gasteiger partial charge in [0.2, 0.25) is 0 Å². The van der Waals surface area contributed by atoms with Crippen LogP contribution in [0.3, 0.4) is 0 Å². The monoisotopic (exact) mass is 253 g/mol. The summed E-state index contributed by atoms with van der Waals surface area (Å²) in [4.78, 5) is 2.57. The van der Waals surface area contributed by atoms with E-state index in [2.05, 4.69) is 24.1 Å². The summed E-state index contributed by atoms with van der Waals surface area (Å²) in [5.41, 5.74) is 6.35. The standard InChI is InChI=1S/C15H31N3/c1-3-18-9-4-7-15(12-16,8-10-18)17-14-6-5-13(2)11-14/h13-14,17H,3-12,16H2,1-2H3. The lowest BCUT2D eigenvalue weighted by molar-refractivity contribution is 0.244. The number of nitrogens with one attached hydrogen (secondary N) is 1. The molecule has 0 aromatic carbocycles. The molecule has 0 radical (unpaired) electrons. The zero-order valence-corrected chi connectivity index (χ0v) is 12.3. The predicted molar refractivity (Wildman–Crippen MR) is 77.7 cm³/mol. The van der Waals surface area contributed by atoms with Gasteiger partial charge in [-0.05, 0) is 64.1 Å². The molecule has 0 aromatic rings. The highest BCUT2D eigenvalue weighted by atomic mass is 15.1. The molecule has 3 atom stereocenters. The van der Waals surface area contributed by atoms with Gasteiger partial charge in [-0.2, -0.15) is 0 Å². The molecule has 3 unspecified atom stereocenters. The topological polar surface area (TPSA) is 41.3 Å². The highest BCUT2D eigenvalue weighted by molar-refractivity contribution is 4.96. The lowest BCUT2D eigenvalue weighted by atomic mass is 9.89. The minimum Gasteiger partial charge on any atom is -0.329 e. The summed E-state index contributed by atoms with van der Waals surface area (Å²) < 4.78 is 0. The van der Waals surface area contributed by atoms with E-state index in [0.29, 0.717) is 0 Å². The molecule has 106 valence electrons. The van der Waals surface area contributed by atoms with E-state index in [9.17, 15) is 0 Å². The molecule has 2 fully saturated rings. The van der Waals surface area contributed by atoms with Crippen LogP contribution in [-0.4, -0.2) is 42.7 Å². The van der Waals surface area contributed by atoms with E-state index >= 15 is 0 Å². The van der Waals surface area contributed by atoms with Gasteiger partial charge < -0.3 is 16.0 Å². The summed E-state index contributed by atoms with van der Waals surface area (Å²) in [5.74, 6) is 0.898. The molecule has 3 nitrogen and oxygen atoms in total. The van der Waals surface area contributed by atoms with Gasteiger partial charge in [-0.3, -0.25) is 0 Å². The van der Waals surface area contributed by atoms with Gasteiger partial charge in [-0.15, -0.1) is 0 Å². The van der Waals surface area contributed by atoms with Gasteiger partial charge in [0.15, 0.2) is 0 Å². The van der Waals surface area contributed by atoms with Gasteiger partial charge in [0, 0.05) is 18.1 Å². The highest BCUT2D eigenvalue weighted by Crippen LogP contribution is 2.29. The van der Waals surface area contributed by atoms with Crippen molar-refractivity contribution in [2.24, 2.45) is 11.7 Å². The van der Waals surface area contributed by atoms with Crippen LogP contribution >= 0.6 is 0 Å². The molecule has 3 N–H and O–H groups in total. The second kappa shape index (κ2) is 6.36. The molecule has 1 aliphatic heterocycles. The van der Waals surface area contributed by atoms with E-state index in [4.69, 9.17) is 5.73 Å². The minimum absolute atomic E-state index is 0.221. The third-order valence-corrected chi connectivity index (χ3v) is 5.08. The van der Waals surface area contributed by atoms with Gasteiger partial charge in [0.25, 0.3) is 0 Å². The average molecular weight is 253 g/mol. The summed E-state index contributed by atoms with van der Waals surface area (Å²) in [6, 6.07) is 0.719. The Morgan fingerprint density at radius 3 is 2.72 bits per heavy atom. The van der Waals surface area contributed by atoms with Crippen molar-refractivity contribution in [2.45, 2.75) is 64.0 Å². The average Bonchev–Trinajstić information content (AvgIpc) is 2.66. The van der Waals surface area contributed by atoms with Crippen LogP contribution in [0, 0.1) is 5.92 Å². The van der Waals surface area contributed by atoms with Crippen molar-refractivity contribution in [3.05, 3.63) is 0 Å². The van der Waals surface area contributed by atoms with Crippen molar-refractivity contribution in [3.63, 3.8) is 0 Å². The van der Waals surface area contributed by atoms with Gasteiger partial charge >= 0.3 is 0 Å². The molecule has 18 heavy (non-hydrogen) atoms. The van der Waals surface area contributed by atoms with E-state index in [1.54, 1.807) is 0 Å². The van der Waals surface area contributed by atoms with Crippen molar-refractivity contribution < 1.29 is 0 Å². The van der Waals surface area contributed by atoms with E-state index in [-0.39, 0.29) is 5.54 Å². The Morgan fingerprint density at radius 2 is 2.11 bits per heavy atom. The molecule has 0 bridgehead atoms. The highest BCUT2D eigenvalue weighted by Gasteiger charge is 2.34. The Bertz CT molecular complexity index is 256. The molecule has 2 aliphatic rings. The Balaban J connectivity index is 1.92. The first-order chi connectivity index (χ1) is 8.67. The van der Waals surface area contributed by atoms with Crippen molar-refractivity contribution in [2.75, 3.05) is 26.2 Å². The quantitative estimate of drug-likeness (QED) is 0.805. The van der Waals surface area contributed by atoms with Crippen molar-refractivity contribution in [1.82, 2.24) is 10.2 Å². The fourth-order valence-corrected chi connectivity index (χ4v) is 3.74. The molecule has 1 saturated carbocycles. The van der Waals surface area contributed by atoms with E-state index < -0.39 is 0 Å². The SMILES string of the molecule is CCN1CCCC(CN)(NC2CCC(C)C2)CC1. The fraction of sp³-hybridized carbons (Fsp3) is 1.00. The molecule has 0 amide bonds. The number of likely N-dealkylation sites (tertiary alicyclic amines) is 1. The minimum atomic E-state index is 0.221. The van der Waals surface area contributed by atoms with Crippen LogP contribution in [0.25, 0.3) is 0 Å². The Hall–Kier alpha value is -0.120. The maximum atomic E-state index is 6.13. The maximum Gasteiger partial charge on any atom is 0.0319 e. The summed E-state index contributed by atoms with van der Waals surface area (Å²) in [6.07, 6.45) is 7.85. The van der Waals surface area contributed by atoms with Crippen molar-refractivity contribution >= 4 is 0 Å². The molecule has 2 rings (SSSR count). The zero-order chi connectivity index (χ0) is 13.0. The Morgan fingerprint density at radius 1 is 1.28 bits per heavy atom. The molecule has 1 aliphatic carbocycles. The Kier molecular flexibility index (Phi) is 5.05. The van der Waals surface area contributed by atoms with Gasteiger partial charge in [-0.1, -0.05) is 13.8 Å². The second-order valence-electron chi connectivity index (χ2n) is 6.53. The van der Waals surface area contributed by atoms with Crippen LogP contribution in [0.2, 0.25) is 0 Å². The zero-order valence-electron chi connectivity index (χ0n) is 12.3. The molecule has 1 heterocycles. The van der Waals surface area contributed by atoms with Gasteiger partial charge in [-0.25, -0.2) is 0 Å². The fourth-order valence-electron chi connectivity index (χ4n) is 3.74. The van der Waals surface area contributed by atoms with Crippen LogP contribution in [0.15, 0.2) is 0 Å². The summed E-state index contributed by atoms with van der Waals surface area (Å²) in [6.45, 7) is 9.09. The predicted octanol–water partition coefficient (Wildman–Crippen LogP) is 1.97. The molecule has 0 spiro atoms. The lowest BCUT2D eigenvalue weighted by Gasteiger charge is -2.36. The smallest absolute Gasteiger partial charge is 0.0319 e. The number of hydrogen-bond donors (Lipinski definition) is 2. The van der Waals surface area contributed by atoms with Crippen molar-refractivity contribution in [1.29, 1.82) is 0 Å². The maximum absolute atomic E-state index is 6.13. The van der Waals surface area contributed by atoms with E-state index in [1.165, 1.54) is 58.2 Å². The molecule has 3 heteroatoms. The first-order valence-electron chi connectivity index (χ1n) is 7.87. The summed E-state index contributed by atoms with van der Waals surface area (Å²) in [7, 11) is 0. The van der Waals surface area contributed by atoms with Crippen LogP contribution in [0.5, 0.6) is 0 Å². The van der Waals surface area contributed by atoms with Crippen LogP contribution < -0.4 is 11.1 Å². The van der Waals surface area contributed by atoms with Gasteiger partial charge in [0.05, 0.1) is 0 Å². The van der Waals surface area contributed by atoms with Gasteiger partial charge in [0.1, 0.15) is 0 Å². The molecular weight excluding hydrogens is 222 g/mol. The number of nitrogens with two attached hydrogens (primary N) is 1. The van der Waals surface area contributed by atoms with Crippen LogP contribution in [0.4, 0.5) is 0 Å². The normalized spacial score (nSPS) is 38.8. The lowest BCUT2D eigenvalue weighted by Crippen LogP contribution is -2.55. The van der Waals surface area contributed by atoms with Crippen LogP contribution in [-0.2, 0) is 0 Å². The molecular formula is C15H31N3. The third-order valence-electron chi connectivity index (χ3n) is 5.08. The number of rotatable bonds is 4. The number of hydrogen-bond acceptors (Lipinski definition) is 3.